The Morgan fingerprint density at radius 1 is 1.04 bits per heavy atom. The van der Waals surface area contributed by atoms with Crippen LogP contribution in [0.2, 0.25) is 0 Å². The molecule has 0 saturated heterocycles. The molecule has 2 heterocycles. The van der Waals surface area contributed by atoms with E-state index in [-0.39, 0.29) is 17.1 Å². The van der Waals surface area contributed by atoms with Crippen molar-refractivity contribution in [2.24, 2.45) is 0 Å². The molecule has 4 aromatic rings. The highest BCUT2D eigenvalue weighted by atomic mass is 32.1. The van der Waals surface area contributed by atoms with E-state index in [9.17, 15) is 13.6 Å². The fourth-order valence-electron chi connectivity index (χ4n) is 2.51. The number of nitrogens with one attached hydrogen (secondary N) is 1. The molecule has 10 heteroatoms. The quantitative estimate of drug-likeness (QED) is 0.546. The van der Waals surface area contributed by atoms with Gasteiger partial charge >= 0.3 is 6.61 Å². The van der Waals surface area contributed by atoms with E-state index in [2.05, 4.69) is 30.4 Å². The topological polar surface area (TPSA) is 89.9 Å². The summed E-state index contributed by atoms with van der Waals surface area (Å²) in [6.07, 6.45) is 0. The first-order chi connectivity index (χ1) is 13.6. The van der Waals surface area contributed by atoms with Gasteiger partial charge in [0.1, 0.15) is 16.3 Å². The monoisotopic (exact) mass is 399 g/mol. The molecule has 7 nitrogen and oxygen atoms in total. The Kier molecular flexibility index (Phi) is 4.85. The molecule has 1 amide bonds. The van der Waals surface area contributed by atoms with E-state index in [0.717, 1.165) is 16.0 Å². The molecule has 140 valence electrons. The van der Waals surface area contributed by atoms with Gasteiger partial charge in [0.15, 0.2) is 5.82 Å². The van der Waals surface area contributed by atoms with Gasteiger partial charge in [-0.2, -0.15) is 8.78 Å². The van der Waals surface area contributed by atoms with Gasteiger partial charge in [-0.15, -0.1) is 20.4 Å². The molecule has 0 aliphatic heterocycles. The maximum absolute atomic E-state index is 12.4. The number of alkyl halides is 2. The molecule has 0 aliphatic carbocycles. The fraction of sp³-hybridized carbons (Fsp3) is 0.0556. The second-order valence-electron chi connectivity index (χ2n) is 5.60. The summed E-state index contributed by atoms with van der Waals surface area (Å²) >= 11 is 1.42. The number of fused-ring (bicyclic) bond motifs is 1. The van der Waals surface area contributed by atoms with Crippen LogP contribution in [0.1, 0.15) is 10.4 Å². The predicted molar refractivity (Wildman–Crippen MR) is 99.5 cm³/mol. The first-order valence-electron chi connectivity index (χ1n) is 7.99. The number of carbonyl (C=O) groups excluding carboxylic acids is 1. The third kappa shape index (κ3) is 3.91. The largest absolute Gasteiger partial charge is 0.435 e. The van der Waals surface area contributed by atoms with Crippen molar-refractivity contribution < 1.29 is 18.3 Å². The molecule has 0 saturated carbocycles. The third-order valence-corrected chi connectivity index (χ3v) is 4.52. The van der Waals surface area contributed by atoms with E-state index in [4.69, 9.17) is 0 Å². The number of aromatic nitrogens is 4. The number of halogens is 2. The van der Waals surface area contributed by atoms with Crippen molar-refractivity contribution in [3.8, 4) is 16.3 Å². The van der Waals surface area contributed by atoms with Crippen LogP contribution in [0.3, 0.4) is 0 Å². The van der Waals surface area contributed by atoms with Crippen LogP contribution in [0.25, 0.3) is 21.5 Å². The summed E-state index contributed by atoms with van der Waals surface area (Å²) in [6, 6.07) is 12.6. The van der Waals surface area contributed by atoms with Crippen LogP contribution in [-0.2, 0) is 0 Å². The summed E-state index contributed by atoms with van der Waals surface area (Å²) in [6.45, 7) is -2.92. The van der Waals surface area contributed by atoms with Crippen molar-refractivity contribution in [3.05, 3.63) is 59.6 Å². The zero-order valence-corrected chi connectivity index (χ0v) is 14.9. The minimum absolute atomic E-state index is 0.0266. The number of anilines is 1. The van der Waals surface area contributed by atoms with Crippen molar-refractivity contribution in [1.82, 2.24) is 20.4 Å². The first-order valence-corrected chi connectivity index (χ1v) is 8.87. The molecule has 28 heavy (non-hydrogen) atoms. The molecule has 0 aliphatic rings. The van der Waals surface area contributed by atoms with E-state index in [1.807, 2.05) is 18.2 Å². The molecule has 0 unspecified atom stereocenters. The normalized spacial score (nSPS) is 11.0. The summed E-state index contributed by atoms with van der Waals surface area (Å²) in [7, 11) is 0. The number of carbonyl (C=O) groups is 1. The van der Waals surface area contributed by atoms with Crippen LogP contribution in [0.4, 0.5) is 14.6 Å². The maximum Gasteiger partial charge on any atom is 0.387 e. The fourth-order valence-corrected chi connectivity index (χ4v) is 3.07. The van der Waals surface area contributed by atoms with Crippen LogP contribution in [0.15, 0.2) is 54.0 Å². The van der Waals surface area contributed by atoms with Crippen LogP contribution < -0.4 is 10.1 Å². The Balaban J connectivity index is 1.54. The summed E-state index contributed by atoms with van der Waals surface area (Å²) in [4.78, 5) is 12.4. The number of hydrogen-bond donors (Lipinski definition) is 1. The summed E-state index contributed by atoms with van der Waals surface area (Å²) in [5, 5.41) is 20.1. The minimum atomic E-state index is -2.92. The van der Waals surface area contributed by atoms with Gasteiger partial charge in [0.05, 0.1) is 5.52 Å². The maximum atomic E-state index is 12.4. The lowest BCUT2D eigenvalue weighted by atomic mass is 10.1. The Morgan fingerprint density at radius 2 is 1.86 bits per heavy atom. The van der Waals surface area contributed by atoms with Crippen molar-refractivity contribution in [2.75, 3.05) is 5.32 Å². The van der Waals surface area contributed by atoms with E-state index in [0.29, 0.717) is 5.52 Å². The zero-order chi connectivity index (χ0) is 19.5. The lowest BCUT2D eigenvalue weighted by Crippen LogP contribution is -2.13. The average molecular weight is 399 g/mol. The van der Waals surface area contributed by atoms with Crippen molar-refractivity contribution in [1.29, 1.82) is 0 Å². The summed E-state index contributed by atoms with van der Waals surface area (Å²) in [5.41, 5.74) is 3.47. The SMILES string of the molecule is O=C(Nc1cc2cc(-c3nncs3)ccc2nn1)c1ccc(OC(F)F)cc1. The smallest absolute Gasteiger partial charge is 0.387 e. The van der Waals surface area contributed by atoms with Gasteiger partial charge in [0, 0.05) is 16.5 Å². The lowest BCUT2D eigenvalue weighted by molar-refractivity contribution is -0.0498. The highest BCUT2D eigenvalue weighted by Gasteiger charge is 2.11. The number of ether oxygens (including phenoxy) is 1. The second-order valence-corrected chi connectivity index (χ2v) is 6.44. The summed E-state index contributed by atoms with van der Waals surface area (Å²) < 4.78 is 28.6. The van der Waals surface area contributed by atoms with E-state index in [1.165, 1.54) is 35.6 Å². The Bertz CT molecular complexity index is 1120. The van der Waals surface area contributed by atoms with Gasteiger partial charge < -0.3 is 10.1 Å². The number of benzene rings is 2. The molecule has 0 spiro atoms. The molecule has 1 N–H and O–H groups in total. The summed E-state index contributed by atoms with van der Waals surface area (Å²) in [5.74, 6) is -0.210. The van der Waals surface area contributed by atoms with E-state index in [1.54, 1.807) is 11.6 Å². The van der Waals surface area contributed by atoms with Gasteiger partial charge in [-0.05, 0) is 48.5 Å². The van der Waals surface area contributed by atoms with Gasteiger partial charge in [-0.1, -0.05) is 11.3 Å². The molecule has 0 bridgehead atoms. The lowest BCUT2D eigenvalue weighted by Gasteiger charge is -2.07. The van der Waals surface area contributed by atoms with Gasteiger partial charge in [0.2, 0.25) is 0 Å². The van der Waals surface area contributed by atoms with Crippen LogP contribution in [0.5, 0.6) is 5.75 Å². The van der Waals surface area contributed by atoms with E-state index < -0.39 is 12.5 Å². The number of rotatable bonds is 5. The standard InChI is InChI=1S/C18H11F2N5O2S/c19-18(20)27-13-4-1-10(2-5-13)16(26)22-15-8-12-7-11(17-25-21-9-28-17)3-6-14(12)23-24-15/h1-9,18H,(H,22,24,26). The van der Waals surface area contributed by atoms with Gasteiger partial charge in [-0.3, -0.25) is 4.79 Å². The zero-order valence-electron chi connectivity index (χ0n) is 14.0. The highest BCUT2D eigenvalue weighted by Crippen LogP contribution is 2.25. The highest BCUT2D eigenvalue weighted by molar-refractivity contribution is 7.12. The van der Waals surface area contributed by atoms with E-state index >= 15 is 0 Å². The molecule has 0 atom stereocenters. The molecular weight excluding hydrogens is 388 g/mol. The minimum Gasteiger partial charge on any atom is -0.435 e. The molecule has 4 rings (SSSR count). The number of nitrogens with zero attached hydrogens (tertiary/aromatic N) is 4. The molecule has 0 fully saturated rings. The third-order valence-electron chi connectivity index (χ3n) is 3.78. The van der Waals surface area contributed by atoms with Crippen molar-refractivity contribution in [2.45, 2.75) is 6.61 Å². The van der Waals surface area contributed by atoms with Gasteiger partial charge in [-0.25, -0.2) is 0 Å². The number of amides is 1. The van der Waals surface area contributed by atoms with Gasteiger partial charge in [0.25, 0.3) is 5.91 Å². The Labute approximate surface area is 161 Å². The molecule has 2 aromatic carbocycles. The number of hydrogen-bond acceptors (Lipinski definition) is 7. The Hall–Kier alpha value is -3.53. The molecular formula is C18H11F2N5O2S. The predicted octanol–water partition coefficient (Wildman–Crippen LogP) is 4.00. The Morgan fingerprint density at radius 3 is 2.57 bits per heavy atom. The van der Waals surface area contributed by atoms with Crippen molar-refractivity contribution in [3.63, 3.8) is 0 Å². The van der Waals surface area contributed by atoms with Crippen LogP contribution in [0, 0.1) is 0 Å². The van der Waals surface area contributed by atoms with Crippen LogP contribution in [-0.4, -0.2) is 32.9 Å². The molecule has 0 radical (unpaired) electrons. The average Bonchev–Trinajstić information content (AvgIpc) is 3.22. The molecule has 2 aromatic heterocycles. The van der Waals surface area contributed by atoms with Crippen molar-refractivity contribution >= 4 is 34.0 Å². The van der Waals surface area contributed by atoms with Crippen LogP contribution >= 0.6 is 11.3 Å². The first kappa shape index (κ1) is 17.9. The second kappa shape index (κ2) is 7.61.